The number of carbonyl (C=O) groups is 3. The zero-order chi connectivity index (χ0) is 35.0. The highest BCUT2D eigenvalue weighted by atomic mass is 79.9. The van der Waals surface area contributed by atoms with Gasteiger partial charge < -0.3 is 24.5 Å². The third-order valence-electron chi connectivity index (χ3n) is 10.2. The first-order chi connectivity index (χ1) is 24.3. The molecular formula is C38H39BrN6O5. The summed E-state index contributed by atoms with van der Waals surface area (Å²) >= 11 is 3.79. The number of amides is 3. The zero-order valence-corrected chi connectivity index (χ0v) is 29.1. The third kappa shape index (κ3) is 5.65. The number of hydrogen-bond donors (Lipinski definition) is 1. The average Bonchev–Trinajstić information content (AvgIpc) is 3.86. The highest BCUT2D eigenvalue weighted by molar-refractivity contribution is 9.09. The van der Waals surface area contributed by atoms with E-state index in [4.69, 9.17) is 4.74 Å². The summed E-state index contributed by atoms with van der Waals surface area (Å²) in [6.45, 7) is 8.14. The van der Waals surface area contributed by atoms with E-state index >= 15 is 9.59 Å². The summed E-state index contributed by atoms with van der Waals surface area (Å²) in [4.78, 5) is 49.2. The summed E-state index contributed by atoms with van der Waals surface area (Å²) < 4.78 is 8.47. The molecule has 50 heavy (non-hydrogen) atoms. The minimum Gasteiger partial charge on any atom is -0.394 e. The van der Waals surface area contributed by atoms with Crippen molar-refractivity contribution in [1.29, 1.82) is 0 Å². The van der Waals surface area contributed by atoms with Gasteiger partial charge in [-0.15, -0.1) is 18.3 Å². The number of nitrogens with zero attached hydrogens (tertiary/aromatic N) is 6. The molecule has 7 rings (SSSR count). The van der Waals surface area contributed by atoms with Gasteiger partial charge in [-0.2, -0.15) is 0 Å². The number of likely N-dealkylation sites (tertiary alicyclic amines) is 1. The molecule has 4 heterocycles. The fraction of sp³-hybridized carbons (Fsp3) is 0.342. The van der Waals surface area contributed by atoms with Crippen LogP contribution in [0.1, 0.15) is 23.6 Å². The molecule has 1 N–H and O–H groups in total. The second kappa shape index (κ2) is 13.9. The highest BCUT2D eigenvalue weighted by Crippen LogP contribution is 2.61. The van der Waals surface area contributed by atoms with Crippen LogP contribution in [-0.2, 0) is 32.3 Å². The van der Waals surface area contributed by atoms with E-state index in [1.807, 2.05) is 84.9 Å². The first kappa shape index (κ1) is 33.8. The van der Waals surface area contributed by atoms with Crippen LogP contribution in [0.15, 0.2) is 110 Å². The summed E-state index contributed by atoms with van der Waals surface area (Å²) in [5, 5.41) is 19.5. The number of aliphatic hydroxyl groups is 1. The lowest BCUT2D eigenvalue weighted by Gasteiger charge is -2.39. The van der Waals surface area contributed by atoms with Crippen LogP contribution in [0.25, 0.3) is 11.0 Å². The van der Waals surface area contributed by atoms with E-state index in [1.165, 1.54) is 4.90 Å². The Bertz CT molecular complexity index is 1910. The maximum Gasteiger partial charge on any atom is 0.250 e. The van der Waals surface area contributed by atoms with Crippen molar-refractivity contribution < 1.29 is 24.2 Å². The second-order valence-corrected chi connectivity index (χ2v) is 14.3. The van der Waals surface area contributed by atoms with Crippen LogP contribution < -0.4 is 0 Å². The summed E-state index contributed by atoms with van der Waals surface area (Å²) in [7, 11) is 0. The van der Waals surface area contributed by atoms with Crippen molar-refractivity contribution in [2.75, 3.05) is 19.7 Å². The Morgan fingerprint density at radius 3 is 2.34 bits per heavy atom. The van der Waals surface area contributed by atoms with Crippen molar-refractivity contribution in [3.8, 4) is 0 Å². The summed E-state index contributed by atoms with van der Waals surface area (Å²) in [5.41, 5.74) is 1.69. The molecule has 4 aromatic rings. The Hall–Kier alpha value is -4.65. The fourth-order valence-electron chi connectivity index (χ4n) is 8.13. The molecule has 1 spiro atoms. The maximum absolute atomic E-state index is 15.1. The van der Waals surface area contributed by atoms with Gasteiger partial charge in [0.2, 0.25) is 17.7 Å². The Kier molecular flexibility index (Phi) is 9.42. The number of benzene rings is 3. The largest absolute Gasteiger partial charge is 0.394 e. The van der Waals surface area contributed by atoms with Crippen molar-refractivity contribution in [2.24, 2.45) is 11.8 Å². The normalized spacial score (nSPS) is 25.8. The summed E-state index contributed by atoms with van der Waals surface area (Å²) in [6, 6.07) is 24.2. The summed E-state index contributed by atoms with van der Waals surface area (Å²) in [5.74, 6) is -2.86. The zero-order valence-electron chi connectivity index (χ0n) is 27.5. The smallest absolute Gasteiger partial charge is 0.250 e. The molecule has 3 unspecified atom stereocenters. The number of para-hydroxylation sites is 1. The lowest BCUT2D eigenvalue weighted by Crippen LogP contribution is -2.57. The molecule has 3 aliphatic heterocycles. The van der Waals surface area contributed by atoms with E-state index in [9.17, 15) is 9.90 Å². The van der Waals surface area contributed by atoms with Crippen LogP contribution in [0.5, 0.6) is 0 Å². The van der Waals surface area contributed by atoms with Crippen LogP contribution in [0.3, 0.4) is 0 Å². The SMILES string of the molecule is C=CCN(Cn1nnc2ccccc21)C(=O)C1N([C@H](CO)c2ccccc2)C(=O)[C@@H]2[C@@H](C(=O)N(CC=C)Cc3ccccc3)[C@@H]3OC12CC3Br. The van der Waals surface area contributed by atoms with Gasteiger partial charge in [0, 0.05) is 24.5 Å². The number of carbonyl (C=O) groups excluding carboxylic acids is 3. The van der Waals surface area contributed by atoms with Gasteiger partial charge in [0.1, 0.15) is 23.8 Å². The van der Waals surface area contributed by atoms with Crippen LogP contribution in [0, 0.1) is 11.8 Å². The number of rotatable bonds is 13. The fourth-order valence-corrected chi connectivity index (χ4v) is 9.07. The molecule has 11 nitrogen and oxygen atoms in total. The molecule has 0 aliphatic carbocycles. The Labute approximate surface area is 298 Å². The Morgan fingerprint density at radius 2 is 1.64 bits per heavy atom. The van der Waals surface area contributed by atoms with Crippen LogP contribution >= 0.6 is 15.9 Å². The predicted octanol–water partition coefficient (Wildman–Crippen LogP) is 4.10. The molecule has 3 aromatic carbocycles. The monoisotopic (exact) mass is 738 g/mol. The maximum atomic E-state index is 15.1. The summed E-state index contributed by atoms with van der Waals surface area (Å²) in [6.07, 6.45) is 2.97. The molecule has 3 saturated heterocycles. The molecule has 3 aliphatic rings. The van der Waals surface area contributed by atoms with E-state index in [2.05, 4.69) is 39.4 Å². The number of aromatic nitrogens is 3. The van der Waals surface area contributed by atoms with Gasteiger partial charge in [-0.3, -0.25) is 14.4 Å². The van der Waals surface area contributed by atoms with Crippen molar-refractivity contribution >= 4 is 44.7 Å². The van der Waals surface area contributed by atoms with Crippen molar-refractivity contribution in [1.82, 2.24) is 29.7 Å². The first-order valence-electron chi connectivity index (χ1n) is 16.7. The van der Waals surface area contributed by atoms with Crippen molar-refractivity contribution in [2.45, 2.75) is 48.3 Å². The molecule has 12 heteroatoms. The lowest BCUT2D eigenvalue weighted by molar-refractivity contribution is -0.153. The first-order valence-corrected chi connectivity index (χ1v) is 17.7. The number of hydrogen-bond acceptors (Lipinski definition) is 7. The van der Waals surface area contributed by atoms with Crippen molar-refractivity contribution in [3.05, 3.63) is 121 Å². The number of aliphatic hydroxyl groups excluding tert-OH is 1. The molecule has 0 saturated carbocycles. The number of ether oxygens (including phenoxy) is 1. The van der Waals surface area contributed by atoms with Crippen LogP contribution in [-0.4, -0.2) is 94.8 Å². The van der Waals surface area contributed by atoms with Gasteiger partial charge >= 0.3 is 0 Å². The molecule has 0 radical (unpaired) electrons. The minimum atomic E-state index is -1.34. The van der Waals surface area contributed by atoms with Crippen LogP contribution in [0.2, 0.25) is 0 Å². The van der Waals surface area contributed by atoms with Gasteiger partial charge in [-0.05, 0) is 29.7 Å². The lowest BCUT2D eigenvalue weighted by atomic mass is 9.70. The Balaban J connectivity index is 1.31. The topological polar surface area (TPSA) is 121 Å². The number of fused-ring (bicyclic) bond motifs is 2. The number of halogens is 1. The Morgan fingerprint density at radius 1 is 0.980 bits per heavy atom. The molecular weight excluding hydrogens is 700 g/mol. The van der Waals surface area contributed by atoms with Gasteiger partial charge in [0.15, 0.2) is 0 Å². The molecule has 3 amide bonds. The predicted molar refractivity (Wildman–Crippen MR) is 190 cm³/mol. The van der Waals surface area contributed by atoms with Gasteiger partial charge in [-0.25, -0.2) is 4.68 Å². The van der Waals surface area contributed by atoms with E-state index in [1.54, 1.807) is 26.6 Å². The molecule has 2 bridgehead atoms. The standard InChI is InChI=1S/C38H39BrN6O5/c1-3-19-42(22-25-13-7-5-8-14-25)35(47)31-32-36(48)45(30(23-46)26-15-9-6-10-16-26)34(38(32)21-27(39)33(31)50-38)37(49)43(20-4-2)24-44-29-18-12-11-17-28(29)40-41-44/h3-18,27,30-34,46H,1-2,19-24H2/t27?,30-,31-,32+,33-,34?,38?/m1/s1. The second-order valence-electron chi connectivity index (χ2n) is 13.1. The highest BCUT2D eigenvalue weighted by Gasteiger charge is 2.77. The van der Waals surface area contributed by atoms with E-state index in [-0.39, 0.29) is 30.5 Å². The number of alkyl halides is 1. The van der Waals surface area contributed by atoms with Gasteiger partial charge in [-0.1, -0.05) is 106 Å². The van der Waals surface area contributed by atoms with Gasteiger partial charge in [0.05, 0.1) is 36.1 Å². The molecule has 7 atom stereocenters. The van der Waals surface area contributed by atoms with E-state index < -0.39 is 54.0 Å². The molecule has 3 fully saturated rings. The quantitative estimate of drug-likeness (QED) is 0.162. The van der Waals surface area contributed by atoms with Crippen molar-refractivity contribution in [3.63, 3.8) is 0 Å². The molecule has 1 aromatic heterocycles. The molecule has 258 valence electrons. The van der Waals surface area contributed by atoms with E-state index in [0.717, 1.165) is 11.1 Å². The minimum absolute atomic E-state index is 0.0352. The average molecular weight is 740 g/mol. The van der Waals surface area contributed by atoms with E-state index in [0.29, 0.717) is 24.0 Å². The van der Waals surface area contributed by atoms with Crippen LogP contribution in [0.4, 0.5) is 0 Å². The third-order valence-corrected chi connectivity index (χ3v) is 11.0. The van der Waals surface area contributed by atoms with Gasteiger partial charge in [0.25, 0.3) is 0 Å².